The Morgan fingerprint density at radius 2 is 1.79 bits per heavy atom. The van der Waals surface area contributed by atoms with Crippen LogP contribution in [-0.2, 0) is 6.42 Å². The molecule has 4 rings (SSSR count). The molecule has 1 atom stereocenters. The Kier molecular flexibility index (Phi) is 3.57. The van der Waals surface area contributed by atoms with E-state index in [2.05, 4.69) is 67.5 Å². The molecule has 1 aliphatic rings. The topological polar surface area (TPSA) is 34.9 Å². The summed E-state index contributed by atoms with van der Waals surface area (Å²) in [6, 6.07) is 16.8. The number of ketones is 1. The van der Waals surface area contributed by atoms with E-state index in [9.17, 15) is 4.79 Å². The fraction of sp³-hybridized carbons (Fsp3) is 0.238. The highest BCUT2D eigenvalue weighted by molar-refractivity contribution is 5.98. The maximum absolute atomic E-state index is 12.6. The molecule has 0 radical (unpaired) electrons. The molecule has 0 N–H and O–H groups in total. The third-order valence-corrected chi connectivity index (χ3v) is 4.83. The Morgan fingerprint density at radius 3 is 2.54 bits per heavy atom. The smallest absolute Gasteiger partial charge is 0.166 e. The highest BCUT2D eigenvalue weighted by atomic mass is 16.1. The molecule has 3 nitrogen and oxygen atoms in total. The number of hydrogen-bond donors (Lipinski definition) is 0. The fourth-order valence-electron chi connectivity index (χ4n) is 3.51. The average molecular weight is 316 g/mol. The number of fused-ring (bicyclic) bond motifs is 1. The number of nitrogens with zero attached hydrogens (tertiary/aromatic N) is 2. The number of benzene rings is 2. The highest BCUT2D eigenvalue weighted by Crippen LogP contribution is 2.34. The average Bonchev–Trinajstić information content (AvgIpc) is 3.00. The molecule has 1 unspecified atom stereocenters. The van der Waals surface area contributed by atoms with E-state index in [-0.39, 0.29) is 11.7 Å². The third-order valence-electron chi connectivity index (χ3n) is 4.83. The Morgan fingerprint density at radius 1 is 1.00 bits per heavy atom. The van der Waals surface area contributed by atoms with Crippen LogP contribution in [0.4, 0.5) is 0 Å². The molecule has 3 aromatic rings. The summed E-state index contributed by atoms with van der Waals surface area (Å²) in [4.78, 5) is 12.6. The van der Waals surface area contributed by atoms with Gasteiger partial charge in [0.05, 0.1) is 23.1 Å². The molecule has 120 valence electrons. The Hall–Kier alpha value is -2.68. The van der Waals surface area contributed by atoms with Crippen LogP contribution in [0.25, 0.3) is 5.69 Å². The third kappa shape index (κ3) is 2.56. The molecule has 2 aromatic carbocycles. The molecule has 0 fully saturated rings. The van der Waals surface area contributed by atoms with E-state index in [4.69, 9.17) is 0 Å². The van der Waals surface area contributed by atoms with Crippen LogP contribution in [0.15, 0.2) is 54.7 Å². The van der Waals surface area contributed by atoms with Gasteiger partial charge in [-0.1, -0.05) is 47.5 Å². The summed E-state index contributed by atoms with van der Waals surface area (Å²) < 4.78 is 1.93. The molecular weight excluding hydrogens is 296 g/mol. The van der Waals surface area contributed by atoms with Gasteiger partial charge in [-0.15, -0.1) is 0 Å². The molecule has 0 aliphatic heterocycles. The minimum absolute atomic E-state index is 0.195. The number of carbonyl (C=O) groups is 1. The van der Waals surface area contributed by atoms with Crippen LogP contribution in [0.2, 0.25) is 0 Å². The summed E-state index contributed by atoms with van der Waals surface area (Å²) in [6.07, 6.45) is 3.14. The van der Waals surface area contributed by atoms with Gasteiger partial charge in [0, 0.05) is 6.42 Å². The van der Waals surface area contributed by atoms with Gasteiger partial charge >= 0.3 is 0 Å². The molecular formula is C21H20N2O. The van der Waals surface area contributed by atoms with Crippen molar-refractivity contribution in [2.45, 2.75) is 32.6 Å². The second kappa shape index (κ2) is 5.75. The van der Waals surface area contributed by atoms with Crippen molar-refractivity contribution >= 4 is 5.78 Å². The highest BCUT2D eigenvalue weighted by Gasteiger charge is 2.30. The van der Waals surface area contributed by atoms with E-state index in [1.807, 2.05) is 4.68 Å². The lowest BCUT2D eigenvalue weighted by Gasteiger charge is -2.23. The number of aromatic nitrogens is 2. The molecule has 0 saturated heterocycles. The summed E-state index contributed by atoms with van der Waals surface area (Å²) in [5.74, 6) is 0.423. The SMILES string of the molecule is Cc1ccc(-n2ncc3c2CC(c2cccc(C)c2)CC3=O)cc1. The molecule has 0 spiro atoms. The minimum Gasteiger partial charge on any atom is -0.294 e. The quantitative estimate of drug-likeness (QED) is 0.702. The van der Waals surface area contributed by atoms with Crippen molar-refractivity contribution in [1.82, 2.24) is 9.78 Å². The summed E-state index contributed by atoms with van der Waals surface area (Å²) >= 11 is 0. The van der Waals surface area contributed by atoms with Crippen molar-refractivity contribution in [2.75, 3.05) is 0 Å². The van der Waals surface area contributed by atoms with Gasteiger partial charge in [0.1, 0.15) is 0 Å². The maximum atomic E-state index is 12.6. The van der Waals surface area contributed by atoms with E-state index in [1.165, 1.54) is 16.7 Å². The first kappa shape index (κ1) is 14.9. The largest absolute Gasteiger partial charge is 0.294 e. The number of aryl methyl sites for hydroxylation is 2. The molecule has 1 aliphatic carbocycles. The van der Waals surface area contributed by atoms with Gasteiger partial charge in [-0.2, -0.15) is 5.10 Å². The second-order valence-electron chi connectivity index (χ2n) is 6.69. The van der Waals surface area contributed by atoms with Gasteiger partial charge in [0.2, 0.25) is 0 Å². The Labute approximate surface area is 141 Å². The number of carbonyl (C=O) groups excluding carboxylic acids is 1. The number of rotatable bonds is 2. The predicted molar refractivity (Wildman–Crippen MR) is 94.9 cm³/mol. The number of Topliss-reactive ketones (excluding diaryl/α,β-unsaturated/α-hetero) is 1. The zero-order valence-corrected chi connectivity index (χ0v) is 14.0. The predicted octanol–water partition coefficient (Wildman–Crippen LogP) is 4.40. The summed E-state index contributed by atoms with van der Waals surface area (Å²) in [7, 11) is 0. The van der Waals surface area contributed by atoms with E-state index in [0.717, 1.165) is 23.4 Å². The van der Waals surface area contributed by atoms with Crippen LogP contribution in [0.5, 0.6) is 0 Å². The first-order valence-corrected chi connectivity index (χ1v) is 8.35. The molecule has 3 heteroatoms. The standard InChI is InChI=1S/C21H20N2O/c1-14-6-8-18(9-7-14)23-20-11-17(12-21(24)19(20)13-22-23)16-5-3-4-15(2)10-16/h3-10,13,17H,11-12H2,1-2H3. The van der Waals surface area contributed by atoms with Gasteiger partial charge < -0.3 is 0 Å². The fourth-order valence-corrected chi connectivity index (χ4v) is 3.51. The first-order valence-electron chi connectivity index (χ1n) is 8.35. The molecule has 0 amide bonds. The summed E-state index contributed by atoms with van der Waals surface area (Å²) in [5, 5.41) is 4.49. The summed E-state index contributed by atoms with van der Waals surface area (Å²) in [6.45, 7) is 4.16. The normalized spacial score (nSPS) is 16.9. The second-order valence-corrected chi connectivity index (χ2v) is 6.69. The van der Waals surface area contributed by atoms with Crippen LogP contribution in [0.3, 0.4) is 0 Å². The van der Waals surface area contributed by atoms with Crippen LogP contribution in [-0.4, -0.2) is 15.6 Å². The number of hydrogen-bond acceptors (Lipinski definition) is 2. The van der Waals surface area contributed by atoms with Crippen molar-refractivity contribution in [1.29, 1.82) is 0 Å². The van der Waals surface area contributed by atoms with Gasteiger partial charge in [-0.3, -0.25) is 4.79 Å². The summed E-state index contributed by atoms with van der Waals surface area (Å²) in [5.41, 5.74) is 6.51. The van der Waals surface area contributed by atoms with Crippen molar-refractivity contribution < 1.29 is 4.79 Å². The van der Waals surface area contributed by atoms with E-state index < -0.39 is 0 Å². The minimum atomic E-state index is 0.195. The van der Waals surface area contributed by atoms with Crippen molar-refractivity contribution in [3.8, 4) is 5.69 Å². The Bertz CT molecular complexity index is 906. The molecule has 1 heterocycles. The van der Waals surface area contributed by atoms with Gasteiger partial charge in [0.15, 0.2) is 5.78 Å². The van der Waals surface area contributed by atoms with Gasteiger partial charge in [-0.05, 0) is 43.9 Å². The lowest BCUT2D eigenvalue weighted by Crippen LogP contribution is -2.20. The van der Waals surface area contributed by atoms with Crippen LogP contribution >= 0.6 is 0 Å². The molecule has 0 bridgehead atoms. The first-order chi connectivity index (χ1) is 11.6. The van der Waals surface area contributed by atoms with Gasteiger partial charge in [0.25, 0.3) is 0 Å². The van der Waals surface area contributed by atoms with E-state index >= 15 is 0 Å². The van der Waals surface area contributed by atoms with E-state index in [0.29, 0.717) is 6.42 Å². The van der Waals surface area contributed by atoms with E-state index in [1.54, 1.807) is 6.20 Å². The zero-order valence-electron chi connectivity index (χ0n) is 14.0. The van der Waals surface area contributed by atoms with Crippen molar-refractivity contribution in [3.05, 3.63) is 82.7 Å². The Balaban J connectivity index is 1.75. The van der Waals surface area contributed by atoms with Crippen LogP contribution < -0.4 is 0 Å². The molecule has 24 heavy (non-hydrogen) atoms. The van der Waals surface area contributed by atoms with Crippen molar-refractivity contribution in [3.63, 3.8) is 0 Å². The van der Waals surface area contributed by atoms with Gasteiger partial charge in [-0.25, -0.2) is 4.68 Å². The molecule has 1 aromatic heterocycles. The monoisotopic (exact) mass is 316 g/mol. The maximum Gasteiger partial charge on any atom is 0.166 e. The molecule has 0 saturated carbocycles. The lowest BCUT2D eigenvalue weighted by molar-refractivity contribution is 0.0963. The zero-order chi connectivity index (χ0) is 16.7. The van der Waals surface area contributed by atoms with Crippen molar-refractivity contribution in [2.24, 2.45) is 0 Å². The van der Waals surface area contributed by atoms with Crippen LogP contribution in [0, 0.1) is 13.8 Å². The lowest BCUT2D eigenvalue weighted by atomic mass is 9.82. The van der Waals surface area contributed by atoms with Crippen LogP contribution in [0.1, 0.15) is 45.1 Å².